The maximum atomic E-state index is 13.5. The largest absolute Gasteiger partial charge is 0.472 e. The van der Waals surface area contributed by atoms with E-state index >= 15 is 0 Å². The molecule has 0 aromatic rings. The minimum Gasteiger partial charge on any atom is -0.456 e. The second-order valence-electron chi connectivity index (χ2n) is 20.1. The van der Waals surface area contributed by atoms with Crippen molar-refractivity contribution in [3.05, 3.63) is 36.5 Å². The summed E-state index contributed by atoms with van der Waals surface area (Å²) in [7, 11) is 1.49. The molecule has 0 aliphatic heterocycles. The van der Waals surface area contributed by atoms with Crippen molar-refractivity contribution in [2.45, 2.75) is 270 Å². The Bertz CT molecular complexity index is 1230. The van der Waals surface area contributed by atoms with Gasteiger partial charge in [0.05, 0.1) is 33.8 Å². The number of hydrogen-bond acceptors (Lipinski definition) is 6. The molecule has 2 N–H and O–H groups in total. The zero-order valence-electron chi connectivity index (χ0n) is 44.2. The van der Waals surface area contributed by atoms with Crippen LogP contribution in [0.3, 0.4) is 0 Å². The minimum atomic E-state index is -4.44. The van der Waals surface area contributed by atoms with E-state index in [0.717, 1.165) is 103 Å². The number of phosphoric acid groups is 1. The van der Waals surface area contributed by atoms with Gasteiger partial charge in [-0.15, -0.1) is 0 Å². The van der Waals surface area contributed by atoms with Crippen LogP contribution in [0.4, 0.5) is 0 Å². The first-order chi connectivity index (χ1) is 31.9. The molecule has 0 spiro atoms. The fraction of sp³-hybridized carbons (Fsp3) is 0.857. The summed E-state index contributed by atoms with van der Waals surface area (Å²) in [5.74, 6) is -0.521. The normalized spacial score (nSPS) is 14.1. The van der Waals surface area contributed by atoms with Crippen LogP contribution in [0.15, 0.2) is 36.5 Å². The predicted octanol–water partition coefficient (Wildman–Crippen LogP) is 16.4. The van der Waals surface area contributed by atoms with Gasteiger partial charge in [0.15, 0.2) is 0 Å². The number of carbonyl (C=O) groups is 2. The van der Waals surface area contributed by atoms with Crippen LogP contribution in [0.5, 0.6) is 0 Å². The monoisotopic (exact) mass is 952 g/mol. The number of rotatable bonds is 50. The molecule has 9 nitrogen and oxygen atoms in total. The molecule has 0 aliphatic carbocycles. The Kier molecular flexibility index (Phi) is 45.7. The summed E-state index contributed by atoms with van der Waals surface area (Å²) >= 11 is 0. The number of nitrogens with one attached hydrogen (secondary N) is 1. The summed E-state index contributed by atoms with van der Waals surface area (Å²) < 4.78 is 30.5. The highest BCUT2D eigenvalue weighted by molar-refractivity contribution is 7.47. The number of esters is 1. The van der Waals surface area contributed by atoms with E-state index in [0.29, 0.717) is 17.4 Å². The smallest absolute Gasteiger partial charge is 0.456 e. The number of unbranched alkanes of at least 4 members (excludes halogenated alkanes) is 30. The lowest BCUT2D eigenvalue weighted by atomic mass is 10.0. The molecular formula is C56H108N2O7P+. The summed E-state index contributed by atoms with van der Waals surface area (Å²) in [6, 6.07) is -0.851. The number of nitrogens with zero attached hydrogens (tertiary/aromatic N) is 1. The number of ether oxygens (including phenoxy) is 1. The first kappa shape index (κ1) is 64.2. The molecule has 3 atom stereocenters. The Morgan fingerprint density at radius 2 is 0.894 bits per heavy atom. The molecule has 0 radical (unpaired) electrons. The van der Waals surface area contributed by atoms with Crippen LogP contribution in [0.2, 0.25) is 0 Å². The molecule has 1 amide bonds. The quantitative estimate of drug-likeness (QED) is 0.0205. The lowest BCUT2D eigenvalue weighted by molar-refractivity contribution is -0.870. The van der Waals surface area contributed by atoms with Gasteiger partial charge in [-0.05, 0) is 76.7 Å². The van der Waals surface area contributed by atoms with Gasteiger partial charge in [0.25, 0.3) is 0 Å². The second-order valence-corrected chi connectivity index (χ2v) is 21.6. The van der Waals surface area contributed by atoms with Crippen molar-refractivity contribution in [2.75, 3.05) is 40.9 Å². The van der Waals surface area contributed by atoms with Crippen LogP contribution in [-0.2, 0) is 27.9 Å². The topological polar surface area (TPSA) is 111 Å². The van der Waals surface area contributed by atoms with Crippen molar-refractivity contribution in [2.24, 2.45) is 0 Å². The highest BCUT2D eigenvalue weighted by Gasteiger charge is 2.30. The number of hydrogen-bond donors (Lipinski definition) is 2. The molecule has 3 unspecified atom stereocenters. The van der Waals surface area contributed by atoms with Crippen molar-refractivity contribution < 1.29 is 37.3 Å². The molecule has 0 saturated heterocycles. The number of phosphoric ester groups is 1. The van der Waals surface area contributed by atoms with Crippen LogP contribution in [0.1, 0.15) is 258 Å². The maximum absolute atomic E-state index is 13.5. The van der Waals surface area contributed by atoms with Crippen LogP contribution < -0.4 is 5.32 Å². The summed E-state index contributed by atoms with van der Waals surface area (Å²) in [5.41, 5.74) is 0. The van der Waals surface area contributed by atoms with Gasteiger partial charge in [-0.2, -0.15) is 0 Å². The van der Waals surface area contributed by atoms with Gasteiger partial charge in [0.2, 0.25) is 5.91 Å². The van der Waals surface area contributed by atoms with Gasteiger partial charge >= 0.3 is 13.8 Å². The summed E-state index contributed by atoms with van der Waals surface area (Å²) in [5, 5.41) is 3.04. The van der Waals surface area contributed by atoms with E-state index in [1.165, 1.54) is 122 Å². The van der Waals surface area contributed by atoms with Gasteiger partial charge in [0, 0.05) is 12.8 Å². The van der Waals surface area contributed by atoms with Crippen molar-refractivity contribution in [3.63, 3.8) is 0 Å². The number of likely N-dealkylation sites (N-methyl/N-ethyl adjacent to an activating group) is 1. The summed E-state index contributed by atoms with van der Waals surface area (Å²) in [6.07, 6.45) is 54.2. The van der Waals surface area contributed by atoms with Crippen molar-refractivity contribution in [1.29, 1.82) is 0 Å². The maximum Gasteiger partial charge on any atom is 0.472 e. The zero-order chi connectivity index (χ0) is 48.7. The van der Waals surface area contributed by atoms with Crippen LogP contribution in [0.25, 0.3) is 0 Å². The van der Waals surface area contributed by atoms with E-state index in [2.05, 4.69) is 50.4 Å². The van der Waals surface area contributed by atoms with E-state index in [-0.39, 0.29) is 31.5 Å². The van der Waals surface area contributed by atoms with Crippen LogP contribution in [-0.4, -0.2) is 74.3 Å². The average Bonchev–Trinajstić information content (AvgIpc) is 3.27. The Morgan fingerprint density at radius 1 is 0.515 bits per heavy atom. The number of carbonyl (C=O) groups excluding carboxylic acids is 2. The van der Waals surface area contributed by atoms with E-state index in [4.69, 9.17) is 13.8 Å². The average molecular weight is 952 g/mol. The first-order valence-electron chi connectivity index (χ1n) is 27.8. The second kappa shape index (κ2) is 46.9. The first-order valence-corrected chi connectivity index (χ1v) is 29.3. The molecule has 0 rings (SSSR count). The number of amides is 1. The Hall–Kier alpha value is -1.77. The molecule has 66 heavy (non-hydrogen) atoms. The highest BCUT2D eigenvalue weighted by Crippen LogP contribution is 2.43. The van der Waals surface area contributed by atoms with Gasteiger partial charge < -0.3 is 19.4 Å². The Labute approximate surface area is 408 Å². The molecule has 388 valence electrons. The zero-order valence-corrected chi connectivity index (χ0v) is 45.1. The third kappa shape index (κ3) is 47.3. The van der Waals surface area contributed by atoms with Gasteiger partial charge in [0.1, 0.15) is 19.3 Å². The number of quaternary nitrogens is 1. The Morgan fingerprint density at radius 3 is 1.33 bits per heavy atom. The molecule has 0 bridgehead atoms. The van der Waals surface area contributed by atoms with E-state index < -0.39 is 20.0 Å². The molecule has 10 heteroatoms. The molecule has 0 fully saturated rings. The predicted molar refractivity (Wildman–Crippen MR) is 282 cm³/mol. The third-order valence-corrected chi connectivity index (χ3v) is 13.3. The fourth-order valence-electron chi connectivity index (χ4n) is 7.92. The SMILES string of the molecule is CCCC/C=C\CCCCCCCC(=O)OC(/C=C/CCCCCCCCCCCCC)C(COP(=O)(O)OCC[N+](C)(C)C)NC(=O)CCCCCCC/C=C/CCCCCCCCC. The van der Waals surface area contributed by atoms with Gasteiger partial charge in [-0.1, -0.05) is 205 Å². The van der Waals surface area contributed by atoms with E-state index in [9.17, 15) is 19.0 Å². The highest BCUT2D eigenvalue weighted by atomic mass is 31.2. The van der Waals surface area contributed by atoms with Crippen molar-refractivity contribution in [3.8, 4) is 0 Å². The van der Waals surface area contributed by atoms with Crippen LogP contribution >= 0.6 is 7.82 Å². The van der Waals surface area contributed by atoms with Gasteiger partial charge in [-0.25, -0.2) is 4.57 Å². The van der Waals surface area contributed by atoms with Crippen molar-refractivity contribution in [1.82, 2.24) is 5.32 Å². The van der Waals surface area contributed by atoms with Crippen LogP contribution in [0, 0.1) is 0 Å². The summed E-state index contributed by atoms with van der Waals surface area (Å²) in [4.78, 5) is 37.5. The molecule has 0 aliphatic rings. The van der Waals surface area contributed by atoms with Crippen molar-refractivity contribution >= 4 is 19.7 Å². The lowest BCUT2D eigenvalue weighted by Gasteiger charge is -2.27. The lowest BCUT2D eigenvalue weighted by Crippen LogP contribution is -2.47. The molecule has 0 aromatic carbocycles. The van der Waals surface area contributed by atoms with Gasteiger partial charge in [-0.3, -0.25) is 18.6 Å². The molecule has 0 saturated carbocycles. The van der Waals surface area contributed by atoms with E-state index in [1.54, 1.807) is 0 Å². The minimum absolute atomic E-state index is 0.0385. The molecular weight excluding hydrogens is 844 g/mol. The Balaban J connectivity index is 5.39. The standard InChI is InChI=1S/C56H107N2O7P/c1-7-10-13-16-19-22-25-27-28-29-31-34-36-39-42-45-48-55(59)57-53(52-64-66(61,62)63-51-50-58(4,5)6)54(47-44-41-38-35-33-30-26-23-20-17-14-11-8-2)65-56(60)49-46-43-40-37-32-24-21-18-15-12-9-3/h18,21,28-29,44,47,53-54H,7-17,19-20,22-27,30-43,45-46,48-52H2,1-6H3,(H-,57,59,61,62)/p+1/b21-18-,29-28+,47-44+. The third-order valence-electron chi connectivity index (χ3n) is 12.3. The fourth-order valence-corrected chi connectivity index (χ4v) is 8.65. The van der Waals surface area contributed by atoms with E-state index in [1.807, 2.05) is 33.3 Å². The molecule has 0 aromatic heterocycles. The number of allylic oxidation sites excluding steroid dienone is 5. The molecule has 0 heterocycles. The summed E-state index contributed by atoms with van der Waals surface area (Å²) in [6.45, 7) is 6.96.